The van der Waals surface area contributed by atoms with Gasteiger partial charge in [0.2, 0.25) is 10.0 Å². The first kappa shape index (κ1) is 18.1. The van der Waals surface area contributed by atoms with Gasteiger partial charge >= 0.3 is 11.9 Å². The number of hydrogen-bond acceptors (Lipinski definition) is 5. The molecule has 8 heteroatoms. The molecule has 0 aliphatic carbocycles. The summed E-state index contributed by atoms with van der Waals surface area (Å²) in [5, 5.41) is 9.23. The average Bonchev–Trinajstić information content (AvgIpc) is 2.43. The molecule has 1 atom stereocenters. The van der Waals surface area contributed by atoms with Crippen molar-refractivity contribution in [1.29, 1.82) is 0 Å². The second kappa shape index (κ2) is 6.89. The van der Waals surface area contributed by atoms with E-state index in [0.717, 1.165) is 7.11 Å². The summed E-state index contributed by atoms with van der Waals surface area (Å²) in [6.45, 7) is 2.83. The number of carbonyl (C=O) groups is 2. The van der Waals surface area contributed by atoms with Gasteiger partial charge in [0.05, 0.1) is 18.3 Å². The highest BCUT2D eigenvalue weighted by Gasteiger charge is 2.36. The van der Waals surface area contributed by atoms with Gasteiger partial charge in [0.1, 0.15) is 6.04 Å². The van der Waals surface area contributed by atoms with Crippen molar-refractivity contribution in [3.05, 3.63) is 35.9 Å². The molecule has 1 rings (SSSR count). The summed E-state index contributed by atoms with van der Waals surface area (Å²) in [5.41, 5.74) is -0.991. The zero-order valence-electron chi connectivity index (χ0n) is 12.6. The van der Waals surface area contributed by atoms with Gasteiger partial charge < -0.3 is 9.84 Å². The Morgan fingerprint density at radius 1 is 1.27 bits per heavy atom. The van der Waals surface area contributed by atoms with E-state index >= 15 is 0 Å². The van der Waals surface area contributed by atoms with Crippen LogP contribution in [0, 0.1) is 5.41 Å². The maximum absolute atomic E-state index is 12.2. The highest BCUT2D eigenvalue weighted by molar-refractivity contribution is 7.89. The summed E-state index contributed by atoms with van der Waals surface area (Å²) >= 11 is 0. The second-order valence-electron chi connectivity index (χ2n) is 5.43. The van der Waals surface area contributed by atoms with E-state index in [9.17, 15) is 23.1 Å². The molecule has 0 bridgehead atoms. The van der Waals surface area contributed by atoms with Gasteiger partial charge in [0.25, 0.3) is 0 Å². The number of carboxylic acids is 1. The maximum Gasteiger partial charge on any atom is 0.326 e. The molecule has 22 heavy (non-hydrogen) atoms. The standard InChI is InChI=1S/C14H19NO6S/c1-14(2,13(18)21-3)9-22(19,20)15-11(12(16)17)10-7-5-4-6-8-10/h4-8,11,15H,9H2,1-3H3,(H,16,17)/t11-/m0/s1. The summed E-state index contributed by atoms with van der Waals surface area (Å²) in [7, 11) is -2.86. The fraction of sp³-hybridized carbons (Fsp3) is 0.429. The number of nitrogens with one attached hydrogen (secondary N) is 1. The highest BCUT2D eigenvalue weighted by Crippen LogP contribution is 2.21. The Morgan fingerprint density at radius 3 is 2.27 bits per heavy atom. The van der Waals surface area contributed by atoms with E-state index in [1.165, 1.54) is 26.0 Å². The van der Waals surface area contributed by atoms with E-state index in [2.05, 4.69) is 9.46 Å². The van der Waals surface area contributed by atoms with Crippen LogP contribution in [-0.2, 0) is 24.3 Å². The lowest BCUT2D eigenvalue weighted by atomic mass is 9.97. The number of carboxylic acid groups (broad SMARTS) is 1. The molecule has 1 aromatic carbocycles. The Balaban J connectivity index is 2.98. The molecular formula is C14H19NO6S. The molecule has 2 N–H and O–H groups in total. The monoisotopic (exact) mass is 329 g/mol. The molecule has 0 saturated carbocycles. The molecule has 0 fully saturated rings. The van der Waals surface area contributed by atoms with E-state index in [-0.39, 0.29) is 0 Å². The van der Waals surface area contributed by atoms with Gasteiger partial charge in [-0.2, -0.15) is 4.72 Å². The Labute approximate surface area is 129 Å². The number of ether oxygens (including phenoxy) is 1. The van der Waals surface area contributed by atoms with Crippen LogP contribution in [0.4, 0.5) is 0 Å². The van der Waals surface area contributed by atoms with Gasteiger partial charge in [-0.05, 0) is 19.4 Å². The smallest absolute Gasteiger partial charge is 0.326 e. The minimum Gasteiger partial charge on any atom is -0.480 e. The quantitative estimate of drug-likeness (QED) is 0.720. The lowest BCUT2D eigenvalue weighted by Gasteiger charge is -2.23. The van der Waals surface area contributed by atoms with E-state index < -0.39 is 39.2 Å². The van der Waals surface area contributed by atoms with Crippen molar-refractivity contribution in [3.63, 3.8) is 0 Å². The Morgan fingerprint density at radius 2 is 1.82 bits per heavy atom. The number of rotatable bonds is 7. The Hall–Kier alpha value is -1.93. The van der Waals surface area contributed by atoms with Gasteiger partial charge in [-0.1, -0.05) is 30.3 Å². The highest BCUT2D eigenvalue weighted by atomic mass is 32.2. The average molecular weight is 329 g/mol. The number of hydrogen-bond donors (Lipinski definition) is 2. The molecule has 0 aliphatic rings. The Bertz CT molecular complexity index is 639. The van der Waals surface area contributed by atoms with Gasteiger partial charge in [0, 0.05) is 0 Å². The predicted molar refractivity (Wildman–Crippen MR) is 79.5 cm³/mol. The van der Waals surface area contributed by atoms with E-state index in [0.29, 0.717) is 5.56 Å². The lowest BCUT2D eigenvalue weighted by molar-refractivity contribution is -0.149. The largest absolute Gasteiger partial charge is 0.480 e. The van der Waals surface area contributed by atoms with Crippen LogP contribution in [0.25, 0.3) is 0 Å². The molecular weight excluding hydrogens is 310 g/mol. The predicted octanol–water partition coefficient (Wildman–Crippen LogP) is 0.931. The summed E-state index contributed by atoms with van der Waals surface area (Å²) in [5.74, 6) is -2.60. The third-order valence-corrected chi connectivity index (χ3v) is 4.66. The van der Waals surface area contributed by atoms with Crippen LogP contribution < -0.4 is 4.72 Å². The molecule has 7 nitrogen and oxygen atoms in total. The van der Waals surface area contributed by atoms with Crippen molar-refractivity contribution in [2.75, 3.05) is 12.9 Å². The van der Waals surface area contributed by atoms with Crippen molar-refractivity contribution in [2.24, 2.45) is 5.41 Å². The second-order valence-corrected chi connectivity index (χ2v) is 7.19. The first-order chi connectivity index (χ1) is 10.1. The van der Waals surface area contributed by atoms with Crippen LogP contribution in [0.3, 0.4) is 0 Å². The van der Waals surface area contributed by atoms with Crippen molar-refractivity contribution in [2.45, 2.75) is 19.9 Å². The number of carbonyl (C=O) groups excluding carboxylic acids is 1. The molecule has 122 valence electrons. The van der Waals surface area contributed by atoms with Gasteiger partial charge in [-0.15, -0.1) is 0 Å². The number of sulfonamides is 1. The van der Waals surface area contributed by atoms with Gasteiger partial charge in [0.15, 0.2) is 0 Å². The normalized spacial score (nSPS) is 13.4. The lowest BCUT2D eigenvalue weighted by Crippen LogP contribution is -2.42. The minimum absolute atomic E-state index is 0.300. The zero-order chi connectivity index (χ0) is 17.0. The summed E-state index contributed by atoms with van der Waals surface area (Å²) < 4.78 is 31.0. The first-order valence-corrected chi connectivity index (χ1v) is 8.10. The molecule has 0 spiro atoms. The fourth-order valence-corrected chi connectivity index (χ4v) is 3.69. The van der Waals surface area contributed by atoms with Crippen LogP contribution >= 0.6 is 0 Å². The summed E-state index contributed by atoms with van der Waals surface area (Å²) in [4.78, 5) is 22.9. The fourth-order valence-electron chi connectivity index (χ4n) is 1.94. The maximum atomic E-state index is 12.2. The molecule has 0 heterocycles. The topological polar surface area (TPSA) is 110 Å². The summed E-state index contributed by atoms with van der Waals surface area (Å²) in [6.07, 6.45) is 0. The van der Waals surface area contributed by atoms with Crippen LogP contribution in [0.2, 0.25) is 0 Å². The van der Waals surface area contributed by atoms with E-state index in [1.807, 2.05) is 0 Å². The molecule has 0 saturated heterocycles. The van der Waals surface area contributed by atoms with Crippen LogP contribution in [0.1, 0.15) is 25.5 Å². The molecule has 1 aromatic rings. The van der Waals surface area contributed by atoms with E-state index in [1.54, 1.807) is 18.2 Å². The van der Waals surface area contributed by atoms with Crippen molar-refractivity contribution in [1.82, 2.24) is 4.72 Å². The molecule has 0 amide bonds. The SMILES string of the molecule is COC(=O)C(C)(C)CS(=O)(=O)N[C@H](C(=O)O)c1ccccc1. The number of methoxy groups -OCH3 is 1. The van der Waals surface area contributed by atoms with Crippen LogP contribution in [0.15, 0.2) is 30.3 Å². The summed E-state index contributed by atoms with van der Waals surface area (Å²) in [6, 6.07) is 6.51. The van der Waals surface area contributed by atoms with E-state index in [4.69, 9.17) is 0 Å². The number of benzene rings is 1. The minimum atomic E-state index is -4.02. The first-order valence-electron chi connectivity index (χ1n) is 6.45. The number of esters is 1. The van der Waals surface area contributed by atoms with Crippen LogP contribution in [0.5, 0.6) is 0 Å². The molecule has 0 aromatic heterocycles. The molecule has 0 radical (unpaired) electrons. The third kappa shape index (κ3) is 4.81. The van der Waals surface area contributed by atoms with Gasteiger partial charge in [-0.3, -0.25) is 9.59 Å². The van der Waals surface area contributed by atoms with Crippen LogP contribution in [-0.4, -0.2) is 38.3 Å². The van der Waals surface area contributed by atoms with Crippen molar-refractivity contribution < 1.29 is 27.9 Å². The van der Waals surface area contributed by atoms with Crippen molar-refractivity contribution in [3.8, 4) is 0 Å². The van der Waals surface area contributed by atoms with Crippen molar-refractivity contribution >= 4 is 22.0 Å². The molecule has 0 aliphatic heterocycles. The van der Waals surface area contributed by atoms with Gasteiger partial charge in [-0.25, -0.2) is 8.42 Å². The Kier molecular flexibility index (Phi) is 5.67. The molecule has 0 unspecified atom stereocenters. The third-order valence-electron chi connectivity index (χ3n) is 2.97. The number of aliphatic carboxylic acids is 1. The zero-order valence-corrected chi connectivity index (χ0v) is 13.4.